The molecule has 2 heterocycles. The molecule has 0 aliphatic carbocycles. The van der Waals surface area contributed by atoms with E-state index in [1.807, 2.05) is 66.7 Å². The second-order valence-electron chi connectivity index (χ2n) is 9.20. The van der Waals surface area contributed by atoms with Crippen molar-refractivity contribution in [2.45, 2.75) is 57.5 Å². The maximum atomic E-state index is 13.6. The van der Waals surface area contributed by atoms with E-state index < -0.39 is 23.7 Å². The summed E-state index contributed by atoms with van der Waals surface area (Å²) in [5.74, 6) is -0.921. The maximum absolute atomic E-state index is 13.6. The Bertz CT molecular complexity index is 1040. The van der Waals surface area contributed by atoms with Crippen LogP contribution in [-0.4, -0.2) is 34.5 Å². The quantitative estimate of drug-likeness (QED) is 0.529. The molecule has 2 aliphatic rings. The van der Waals surface area contributed by atoms with Crippen molar-refractivity contribution in [3.8, 4) is 0 Å². The Morgan fingerprint density at radius 1 is 0.939 bits per heavy atom. The normalized spacial score (nSPS) is 19.1. The molecule has 2 amide bonds. The highest BCUT2D eigenvalue weighted by molar-refractivity contribution is 5.91. The van der Waals surface area contributed by atoms with E-state index in [9.17, 15) is 14.4 Å². The van der Waals surface area contributed by atoms with E-state index in [4.69, 9.17) is 9.47 Å². The zero-order valence-electron chi connectivity index (χ0n) is 19.0. The molecule has 33 heavy (non-hydrogen) atoms. The average Bonchev–Trinajstić information content (AvgIpc) is 3.34. The predicted octanol–water partition coefficient (Wildman–Crippen LogP) is 4.21. The first-order valence-corrected chi connectivity index (χ1v) is 11.0. The molecule has 7 heteroatoms. The van der Waals surface area contributed by atoms with Crippen LogP contribution < -0.4 is 5.32 Å². The van der Waals surface area contributed by atoms with Crippen LogP contribution in [0.2, 0.25) is 0 Å². The lowest BCUT2D eigenvalue weighted by Gasteiger charge is -2.28. The van der Waals surface area contributed by atoms with Crippen molar-refractivity contribution in [1.29, 1.82) is 0 Å². The molecule has 0 fully saturated rings. The Hall–Kier alpha value is -3.61. The van der Waals surface area contributed by atoms with Crippen molar-refractivity contribution >= 4 is 18.0 Å². The van der Waals surface area contributed by atoms with Gasteiger partial charge >= 0.3 is 12.1 Å². The molecule has 2 unspecified atom stereocenters. The minimum absolute atomic E-state index is 0.0575. The molecule has 2 aromatic carbocycles. The fourth-order valence-electron chi connectivity index (χ4n) is 4.24. The molecule has 0 aromatic heterocycles. The number of carbonyl (C=O) groups is 3. The van der Waals surface area contributed by atoms with Gasteiger partial charge in [0.2, 0.25) is 5.91 Å². The van der Waals surface area contributed by atoms with Gasteiger partial charge in [0, 0.05) is 0 Å². The van der Waals surface area contributed by atoms with Gasteiger partial charge in [-0.25, -0.2) is 4.79 Å². The number of ether oxygens (including phenoxy) is 2. The summed E-state index contributed by atoms with van der Waals surface area (Å²) < 4.78 is 10.7. The van der Waals surface area contributed by atoms with Gasteiger partial charge in [0.05, 0.1) is 18.5 Å². The molecule has 172 valence electrons. The van der Waals surface area contributed by atoms with Crippen molar-refractivity contribution in [1.82, 2.24) is 10.2 Å². The number of rotatable bonds is 6. The van der Waals surface area contributed by atoms with E-state index in [0.29, 0.717) is 0 Å². The summed E-state index contributed by atoms with van der Waals surface area (Å²) in [5.41, 5.74) is 2.23. The van der Waals surface area contributed by atoms with E-state index in [-0.39, 0.29) is 31.0 Å². The summed E-state index contributed by atoms with van der Waals surface area (Å²) in [7, 11) is 0. The zero-order valence-corrected chi connectivity index (χ0v) is 19.0. The summed E-state index contributed by atoms with van der Waals surface area (Å²) in [4.78, 5) is 40.4. The van der Waals surface area contributed by atoms with Crippen LogP contribution in [0.1, 0.15) is 56.0 Å². The third-order valence-electron chi connectivity index (χ3n) is 5.56. The minimum atomic E-state index is -1.11. The molecular formula is C26H28N2O5. The summed E-state index contributed by atoms with van der Waals surface area (Å²) in [6.07, 6.45) is 2.90. The fourth-order valence-corrected chi connectivity index (χ4v) is 4.24. The molecule has 2 aliphatic heterocycles. The monoisotopic (exact) mass is 448 g/mol. The number of nitrogens with zero attached hydrogens (tertiary/aromatic N) is 1. The molecule has 1 N–H and O–H groups in total. The van der Waals surface area contributed by atoms with Crippen LogP contribution in [0, 0.1) is 0 Å². The molecular weight excluding hydrogens is 420 g/mol. The smallest absolute Gasteiger partial charge is 0.408 e. The molecule has 2 aromatic rings. The Balaban J connectivity index is 1.48. The number of nitrogens with one attached hydrogen (secondary N) is 1. The fraction of sp³-hybridized carbons (Fsp3) is 0.346. The largest absolute Gasteiger partial charge is 0.460 e. The molecule has 4 rings (SSSR count). The molecule has 0 saturated carbocycles. The van der Waals surface area contributed by atoms with Gasteiger partial charge in [0.1, 0.15) is 18.2 Å². The van der Waals surface area contributed by atoms with Crippen LogP contribution in [0.25, 0.3) is 0 Å². The predicted molar refractivity (Wildman–Crippen MR) is 122 cm³/mol. The minimum Gasteiger partial charge on any atom is -0.460 e. The van der Waals surface area contributed by atoms with E-state index >= 15 is 0 Å². The number of hydrogen-bond acceptors (Lipinski definition) is 5. The van der Waals surface area contributed by atoms with Crippen LogP contribution in [0.4, 0.5) is 4.79 Å². The second-order valence-corrected chi connectivity index (χ2v) is 9.20. The number of hydrogen-bond donors (Lipinski definition) is 1. The van der Waals surface area contributed by atoms with E-state index in [1.54, 1.807) is 25.7 Å². The Kier molecular flexibility index (Phi) is 6.22. The van der Waals surface area contributed by atoms with Crippen LogP contribution in [-0.2, 0) is 25.7 Å². The highest BCUT2D eigenvalue weighted by Crippen LogP contribution is 2.48. The standard InChI is InChI=1S/C26H28N2O5/c1-26(2,3)33-23(29)15-20(27-25(31)32-16-17-9-5-4-6-10-17)24(30)28-21-13-14-22(28)19-12-8-7-11-18(19)21/h4-14,20-22H,15-16H2,1-3H3,(H,27,31)/t20-,21?,22?/m0/s1. The summed E-state index contributed by atoms with van der Waals surface area (Å²) in [6.45, 7) is 5.32. The maximum Gasteiger partial charge on any atom is 0.408 e. The van der Waals surface area contributed by atoms with Gasteiger partial charge in [-0.1, -0.05) is 66.7 Å². The van der Waals surface area contributed by atoms with Gasteiger partial charge in [-0.15, -0.1) is 0 Å². The van der Waals surface area contributed by atoms with Gasteiger partial charge in [0.15, 0.2) is 0 Å². The first kappa shape index (κ1) is 22.6. The lowest BCUT2D eigenvalue weighted by atomic mass is 9.97. The number of benzene rings is 2. The molecule has 7 nitrogen and oxygen atoms in total. The number of alkyl carbamates (subject to hydrolysis) is 1. The second kappa shape index (κ2) is 9.10. The first-order chi connectivity index (χ1) is 15.7. The number of carbonyl (C=O) groups excluding carboxylic acids is 3. The third-order valence-corrected chi connectivity index (χ3v) is 5.56. The zero-order chi connectivity index (χ0) is 23.6. The van der Waals surface area contributed by atoms with Crippen LogP contribution in [0.3, 0.4) is 0 Å². The molecule has 2 bridgehead atoms. The van der Waals surface area contributed by atoms with Crippen molar-refractivity contribution in [2.75, 3.05) is 0 Å². The highest BCUT2D eigenvalue weighted by atomic mass is 16.6. The molecule has 0 saturated heterocycles. The van der Waals surface area contributed by atoms with Gasteiger partial charge < -0.3 is 19.7 Å². The van der Waals surface area contributed by atoms with Crippen molar-refractivity contribution in [3.05, 3.63) is 83.4 Å². The first-order valence-electron chi connectivity index (χ1n) is 11.0. The molecule has 0 spiro atoms. The summed E-state index contributed by atoms with van der Waals surface area (Å²) in [5, 5.41) is 2.60. The molecule has 3 atom stereocenters. The van der Waals surface area contributed by atoms with Gasteiger partial charge in [0.25, 0.3) is 0 Å². The lowest BCUT2D eigenvalue weighted by molar-refractivity contribution is -0.157. The number of amides is 2. The number of esters is 1. The van der Waals surface area contributed by atoms with E-state index in [1.165, 1.54) is 0 Å². The van der Waals surface area contributed by atoms with Crippen molar-refractivity contribution in [2.24, 2.45) is 0 Å². The van der Waals surface area contributed by atoms with Crippen LogP contribution >= 0.6 is 0 Å². The third kappa shape index (κ3) is 5.08. The SMILES string of the molecule is CC(C)(C)OC(=O)C[C@H](NC(=O)OCc1ccccc1)C(=O)N1C2C=CC1c1ccccc12. The Morgan fingerprint density at radius 2 is 1.52 bits per heavy atom. The van der Waals surface area contributed by atoms with Crippen molar-refractivity contribution < 1.29 is 23.9 Å². The van der Waals surface area contributed by atoms with Gasteiger partial charge in [-0.05, 0) is 37.5 Å². The van der Waals surface area contributed by atoms with E-state index in [0.717, 1.165) is 16.7 Å². The summed E-state index contributed by atoms with van der Waals surface area (Å²) >= 11 is 0. The lowest BCUT2D eigenvalue weighted by Crippen LogP contribution is -2.49. The van der Waals surface area contributed by atoms with Crippen LogP contribution in [0.15, 0.2) is 66.7 Å². The highest BCUT2D eigenvalue weighted by Gasteiger charge is 2.45. The van der Waals surface area contributed by atoms with Crippen molar-refractivity contribution in [3.63, 3.8) is 0 Å². The Morgan fingerprint density at radius 3 is 2.09 bits per heavy atom. The summed E-state index contributed by atoms with van der Waals surface area (Å²) in [6, 6.07) is 15.5. The molecule has 0 radical (unpaired) electrons. The number of fused-ring (bicyclic) bond motifs is 5. The average molecular weight is 449 g/mol. The van der Waals surface area contributed by atoms with Gasteiger partial charge in [-0.2, -0.15) is 0 Å². The van der Waals surface area contributed by atoms with Crippen LogP contribution in [0.5, 0.6) is 0 Å². The Labute approximate surface area is 193 Å². The van der Waals surface area contributed by atoms with Gasteiger partial charge in [-0.3, -0.25) is 9.59 Å². The van der Waals surface area contributed by atoms with E-state index in [2.05, 4.69) is 5.32 Å². The topological polar surface area (TPSA) is 84.9 Å².